The van der Waals surface area contributed by atoms with Crippen LogP contribution in [0.25, 0.3) is 0 Å². The smallest absolute Gasteiger partial charge is 0.273 e. The van der Waals surface area contributed by atoms with Gasteiger partial charge < -0.3 is 9.84 Å². The molecule has 0 unspecified atom stereocenters. The van der Waals surface area contributed by atoms with Crippen molar-refractivity contribution >= 4 is 33.2 Å². The monoisotopic (exact) mass is 371 g/mol. The summed E-state index contributed by atoms with van der Waals surface area (Å²) in [6, 6.07) is 9.09. The molecule has 5 nitrogen and oxygen atoms in total. The molecule has 0 aliphatic rings. The predicted octanol–water partition coefficient (Wildman–Crippen LogP) is 4.86. The van der Waals surface area contributed by atoms with Crippen molar-refractivity contribution in [3.63, 3.8) is 0 Å². The average Bonchev–Trinajstić information content (AvgIpc) is 2.42. The maximum atomic E-state index is 10.8. The number of rotatable bonds is 4. The first-order chi connectivity index (χ1) is 9.88. The largest absolute Gasteiger partial charge is 0.454 e. The molecule has 0 aromatic heterocycles. The van der Waals surface area contributed by atoms with Crippen LogP contribution < -0.4 is 4.74 Å². The van der Waals surface area contributed by atoms with E-state index in [0.717, 1.165) is 0 Å². The van der Waals surface area contributed by atoms with Crippen LogP contribution >= 0.6 is 27.5 Å². The van der Waals surface area contributed by atoms with Gasteiger partial charge >= 0.3 is 0 Å². The van der Waals surface area contributed by atoms with Gasteiger partial charge in [0.2, 0.25) is 0 Å². The Morgan fingerprint density at radius 1 is 1.29 bits per heavy atom. The van der Waals surface area contributed by atoms with Gasteiger partial charge in [0.15, 0.2) is 0 Å². The molecule has 2 rings (SSSR count). The first kappa shape index (κ1) is 15.8. The molecular weight excluding hydrogens is 362 g/mol. The van der Waals surface area contributed by atoms with E-state index in [1.807, 2.05) is 0 Å². The van der Waals surface area contributed by atoms with Gasteiger partial charge in [-0.3, -0.25) is 10.1 Å². The molecule has 1 N–H and O–H groups in total. The molecule has 0 amide bonds. The lowest BCUT2D eigenvalue weighted by molar-refractivity contribution is -0.384. The molecule has 7 heteroatoms. The minimum atomic E-state index is -0.638. The molecule has 0 spiro atoms. The lowest BCUT2D eigenvalue weighted by Gasteiger charge is -2.11. The summed E-state index contributed by atoms with van der Waals surface area (Å²) in [6.07, 6.45) is -0.638. The molecule has 0 aliphatic heterocycles. The zero-order chi connectivity index (χ0) is 15.6. The van der Waals surface area contributed by atoms with Gasteiger partial charge in [0.25, 0.3) is 5.69 Å². The Hall–Kier alpha value is -1.63. The first-order valence-corrected chi connectivity index (χ1v) is 7.15. The number of aliphatic hydroxyl groups is 1. The van der Waals surface area contributed by atoms with Gasteiger partial charge in [-0.05, 0) is 46.6 Å². The Morgan fingerprint density at radius 3 is 2.57 bits per heavy atom. The van der Waals surface area contributed by atoms with Gasteiger partial charge in [0.05, 0.1) is 26.6 Å². The van der Waals surface area contributed by atoms with E-state index in [-0.39, 0.29) is 11.4 Å². The van der Waals surface area contributed by atoms with Crippen molar-refractivity contribution in [2.45, 2.75) is 13.0 Å². The summed E-state index contributed by atoms with van der Waals surface area (Å²) in [7, 11) is 0. The number of halogens is 2. The Bertz CT molecular complexity index is 691. The summed E-state index contributed by atoms with van der Waals surface area (Å²) in [5.74, 6) is 0.637. The van der Waals surface area contributed by atoms with Crippen LogP contribution in [0.3, 0.4) is 0 Å². The lowest BCUT2D eigenvalue weighted by atomic mass is 10.1. The van der Waals surface area contributed by atoms with E-state index in [1.165, 1.54) is 18.2 Å². The van der Waals surface area contributed by atoms with E-state index in [1.54, 1.807) is 25.1 Å². The average molecular weight is 373 g/mol. The zero-order valence-corrected chi connectivity index (χ0v) is 13.3. The van der Waals surface area contributed by atoms with E-state index in [9.17, 15) is 15.2 Å². The fourth-order valence-corrected chi connectivity index (χ4v) is 2.22. The lowest BCUT2D eigenvalue weighted by Crippen LogP contribution is -1.94. The molecule has 21 heavy (non-hydrogen) atoms. The predicted molar refractivity (Wildman–Crippen MR) is 83.0 cm³/mol. The number of hydrogen-bond acceptors (Lipinski definition) is 4. The Morgan fingerprint density at radius 2 is 2.00 bits per heavy atom. The molecule has 0 heterocycles. The molecule has 0 fully saturated rings. The summed E-state index contributed by atoms with van der Waals surface area (Å²) in [6.45, 7) is 1.63. The van der Waals surface area contributed by atoms with Gasteiger partial charge in [0.1, 0.15) is 11.5 Å². The van der Waals surface area contributed by atoms with Crippen LogP contribution in [-0.2, 0) is 0 Å². The number of non-ortho nitro benzene ring substituents is 1. The number of nitro groups is 1. The molecular formula is C14H11BrClNO4. The Kier molecular flexibility index (Phi) is 4.82. The van der Waals surface area contributed by atoms with E-state index in [4.69, 9.17) is 16.3 Å². The summed E-state index contributed by atoms with van der Waals surface area (Å²) in [4.78, 5) is 10.3. The third kappa shape index (κ3) is 3.72. The highest BCUT2D eigenvalue weighted by Crippen LogP contribution is 2.36. The van der Waals surface area contributed by atoms with Crippen molar-refractivity contribution < 1.29 is 14.8 Å². The van der Waals surface area contributed by atoms with E-state index >= 15 is 0 Å². The second-order valence-electron chi connectivity index (χ2n) is 4.34. The number of hydrogen-bond donors (Lipinski definition) is 1. The van der Waals surface area contributed by atoms with E-state index < -0.39 is 11.0 Å². The summed E-state index contributed by atoms with van der Waals surface area (Å²) >= 11 is 9.36. The quantitative estimate of drug-likeness (QED) is 0.614. The molecule has 0 aliphatic carbocycles. The minimum Gasteiger partial charge on any atom is -0.454 e. The van der Waals surface area contributed by atoms with Crippen molar-refractivity contribution in [3.8, 4) is 11.5 Å². The summed E-state index contributed by atoms with van der Waals surface area (Å²) in [5.41, 5.74) is 0.579. The van der Waals surface area contributed by atoms with Crippen LogP contribution in [0, 0.1) is 10.1 Å². The summed E-state index contributed by atoms with van der Waals surface area (Å²) in [5, 5.41) is 20.6. The third-order valence-electron chi connectivity index (χ3n) is 2.78. The normalized spacial score (nSPS) is 12.0. The van der Waals surface area contributed by atoms with E-state index in [0.29, 0.717) is 20.8 Å². The number of ether oxygens (including phenoxy) is 1. The topological polar surface area (TPSA) is 72.6 Å². The maximum absolute atomic E-state index is 10.8. The standard InChI is InChI=1S/C14H11BrClNO4/c1-8(18)9-2-5-13(12(16)6-9)21-14-7-10(17(19)20)3-4-11(14)15/h2-8,18H,1H3/t8-/m1/s1. The second kappa shape index (κ2) is 6.43. The van der Waals surface area contributed by atoms with Crippen LogP contribution in [0.4, 0.5) is 5.69 Å². The van der Waals surface area contributed by atoms with Crippen LogP contribution in [0.15, 0.2) is 40.9 Å². The zero-order valence-electron chi connectivity index (χ0n) is 10.9. The second-order valence-corrected chi connectivity index (χ2v) is 5.60. The molecule has 110 valence electrons. The minimum absolute atomic E-state index is 0.0788. The van der Waals surface area contributed by atoms with Gasteiger partial charge in [-0.15, -0.1) is 0 Å². The van der Waals surface area contributed by atoms with E-state index in [2.05, 4.69) is 15.9 Å². The first-order valence-electron chi connectivity index (χ1n) is 5.98. The molecule has 2 aromatic carbocycles. The number of nitro benzene ring substituents is 1. The molecule has 0 saturated heterocycles. The molecule has 1 atom stereocenters. The van der Waals surface area contributed by atoms with Crippen molar-refractivity contribution in [2.24, 2.45) is 0 Å². The van der Waals surface area contributed by atoms with Crippen molar-refractivity contribution in [1.29, 1.82) is 0 Å². The highest BCUT2D eigenvalue weighted by Gasteiger charge is 2.13. The number of benzene rings is 2. The molecule has 0 radical (unpaired) electrons. The third-order valence-corrected chi connectivity index (χ3v) is 3.73. The Balaban J connectivity index is 2.34. The van der Waals surface area contributed by atoms with Gasteiger partial charge in [0, 0.05) is 6.07 Å². The molecule has 0 saturated carbocycles. The highest BCUT2D eigenvalue weighted by molar-refractivity contribution is 9.10. The van der Waals surface area contributed by atoms with Crippen molar-refractivity contribution in [1.82, 2.24) is 0 Å². The van der Waals surface area contributed by atoms with Crippen LogP contribution in [0.1, 0.15) is 18.6 Å². The van der Waals surface area contributed by atoms with Gasteiger partial charge in [-0.1, -0.05) is 17.7 Å². The van der Waals surface area contributed by atoms with Gasteiger partial charge in [-0.2, -0.15) is 0 Å². The SMILES string of the molecule is C[C@@H](O)c1ccc(Oc2cc([N+](=O)[O-])ccc2Br)c(Cl)c1. The maximum Gasteiger partial charge on any atom is 0.273 e. The Labute approximate surface area is 134 Å². The molecule has 2 aromatic rings. The fraction of sp³-hybridized carbons (Fsp3) is 0.143. The van der Waals surface area contributed by atoms with Crippen LogP contribution in [-0.4, -0.2) is 10.0 Å². The van der Waals surface area contributed by atoms with Crippen molar-refractivity contribution in [3.05, 3.63) is 61.6 Å². The highest BCUT2D eigenvalue weighted by atomic mass is 79.9. The van der Waals surface area contributed by atoms with Crippen LogP contribution in [0.2, 0.25) is 5.02 Å². The number of aliphatic hydroxyl groups excluding tert-OH is 1. The number of nitrogens with zero attached hydrogens (tertiary/aromatic N) is 1. The van der Waals surface area contributed by atoms with Crippen LogP contribution in [0.5, 0.6) is 11.5 Å². The van der Waals surface area contributed by atoms with Crippen molar-refractivity contribution in [2.75, 3.05) is 0 Å². The van der Waals surface area contributed by atoms with Gasteiger partial charge in [-0.25, -0.2) is 0 Å². The fourth-order valence-electron chi connectivity index (χ4n) is 1.66. The summed E-state index contributed by atoms with van der Waals surface area (Å²) < 4.78 is 6.17. The molecule has 0 bridgehead atoms.